The molecule has 0 bridgehead atoms. The van der Waals surface area contributed by atoms with Gasteiger partial charge < -0.3 is 15.0 Å². The van der Waals surface area contributed by atoms with E-state index in [-0.39, 0.29) is 6.09 Å². The molecule has 2 unspecified atom stereocenters. The number of rotatable bonds is 2. The monoisotopic (exact) mass is 300 g/mol. The van der Waals surface area contributed by atoms with Crippen LogP contribution in [-0.4, -0.2) is 53.3 Å². The van der Waals surface area contributed by atoms with Gasteiger partial charge in [0.05, 0.1) is 0 Å². The number of likely N-dealkylation sites (tertiary alicyclic amines) is 1. The molecule has 2 rings (SSSR count). The van der Waals surface area contributed by atoms with Gasteiger partial charge in [-0.15, -0.1) is 0 Å². The molecule has 2 aliphatic heterocycles. The normalized spacial score (nSPS) is 28.2. The van der Waals surface area contributed by atoms with Gasteiger partial charge in [0.1, 0.15) is 5.60 Å². The smallest absolute Gasteiger partial charge is 0.410 e. The molecule has 0 aliphatic carbocycles. The predicted octanol–water partition coefficient (Wildman–Crippen LogP) is 2.87. The summed E-state index contributed by atoms with van der Waals surface area (Å²) in [6, 6.07) is 1.24. The molecule has 0 aromatic heterocycles. The molecule has 116 valence electrons. The van der Waals surface area contributed by atoms with Crippen molar-refractivity contribution in [1.82, 2.24) is 10.2 Å². The molecule has 5 heteroatoms. The Labute approximate surface area is 127 Å². The number of hydrogen-bond donors (Lipinski definition) is 1. The van der Waals surface area contributed by atoms with E-state index in [1.54, 1.807) is 0 Å². The van der Waals surface area contributed by atoms with Gasteiger partial charge in [-0.3, -0.25) is 0 Å². The topological polar surface area (TPSA) is 41.6 Å². The molecule has 0 radical (unpaired) electrons. The summed E-state index contributed by atoms with van der Waals surface area (Å²) in [6.07, 6.45) is 4.41. The fourth-order valence-electron chi connectivity index (χ4n) is 2.77. The van der Waals surface area contributed by atoms with Crippen molar-refractivity contribution in [3.8, 4) is 0 Å². The van der Waals surface area contributed by atoms with Crippen molar-refractivity contribution in [2.75, 3.05) is 24.6 Å². The lowest BCUT2D eigenvalue weighted by Gasteiger charge is -2.26. The lowest BCUT2D eigenvalue weighted by molar-refractivity contribution is 0.0256. The molecule has 1 N–H and O–H groups in total. The largest absolute Gasteiger partial charge is 0.444 e. The highest BCUT2D eigenvalue weighted by atomic mass is 32.2. The molecule has 0 spiro atoms. The van der Waals surface area contributed by atoms with Crippen LogP contribution in [0, 0.1) is 0 Å². The average Bonchev–Trinajstić information content (AvgIpc) is 2.72. The minimum atomic E-state index is -0.401. The Morgan fingerprint density at radius 2 is 2.00 bits per heavy atom. The number of nitrogens with one attached hydrogen (secondary N) is 1. The second-order valence-corrected chi connectivity index (χ2v) is 7.97. The molecule has 0 aromatic rings. The van der Waals surface area contributed by atoms with Crippen LogP contribution >= 0.6 is 11.8 Å². The first kappa shape index (κ1) is 16.0. The van der Waals surface area contributed by atoms with E-state index in [1.165, 1.54) is 24.3 Å². The maximum atomic E-state index is 12.1. The van der Waals surface area contributed by atoms with E-state index in [0.717, 1.165) is 25.9 Å². The summed E-state index contributed by atoms with van der Waals surface area (Å²) in [5.74, 6) is 2.53. The molecule has 4 nitrogen and oxygen atoms in total. The Bertz CT molecular complexity index is 324. The highest BCUT2D eigenvalue weighted by Crippen LogP contribution is 2.20. The van der Waals surface area contributed by atoms with Gasteiger partial charge in [0.25, 0.3) is 0 Å². The Hall–Kier alpha value is -0.420. The van der Waals surface area contributed by atoms with Crippen LogP contribution in [0.1, 0.15) is 46.5 Å². The fraction of sp³-hybridized carbons (Fsp3) is 0.933. The van der Waals surface area contributed by atoms with Crippen LogP contribution in [0.2, 0.25) is 0 Å². The maximum Gasteiger partial charge on any atom is 0.410 e. The van der Waals surface area contributed by atoms with E-state index >= 15 is 0 Å². The van der Waals surface area contributed by atoms with Crippen LogP contribution < -0.4 is 5.32 Å². The third-order valence-electron chi connectivity index (χ3n) is 3.78. The molecule has 2 fully saturated rings. The van der Waals surface area contributed by atoms with Crippen molar-refractivity contribution >= 4 is 17.9 Å². The van der Waals surface area contributed by atoms with Crippen LogP contribution in [-0.2, 0) is 4.74 Å². The number of ether oxygens (including phenoxy) is 1. The van der Waals surface area contributed by atoms with Crippen LogP contribution in [0.5, 0.6) is 0 Å². The van der Waals surface area contributed by atoms with E-state index in [4.69, 9.17) is 4.74 Å². The van der Waals surface area contributed by atoms with E-state index < -0.39 is 5.60 Å². The average molecular weight is 300 g/mol. The van der Waals surface area contributed by atoms with Gasteiger partial charge in [-0.2, -0.15) is 11.8 Å². The zero-order chi connectivity index (χ0) is 14.6. The Morgan fingerprint density at radius 3 is 2.65 bits per heavy atom. The predicted molar refractivity (Wildman–Crippen MR) is 84.3 cm³/mol. The van der Waals surface area contributed by atoms with Crippen molar-refractivity contribution < 1.29 is 9.53 Å². The van der Waals surface area contributed by atoms with E-state index in [9.17, 15) is 4.79 Å². The minimum Gasteiger partial charge on any atom is -0.444 e. The van der Waals surface area contributed by atoms with Crippen molar-refractivity contribution in [2.24, 2.45) is 0 Å². The SMILES string of the molecule is CC(C)(C)OC(=O)N1CCCC(NC2CCSC2)CC1. The second-order valence-electron chi connectivity index (χ2n) is 6.82. The lowest BCUT2D eigenvalue weighted by Crippen LogP contribution is -2.40. The van der Waals surface area contributed by atoms with Gasteiger partial charge in [-0.1, -0.05) is 0 Å². The molecule has 2 heterocycles. The summed E-state index contributed by atoms with van der Waals surface area (Å²) in [5.41, 5.74) is -0.401. The van der Waals surface area contributed by atoms with Gasteiger partial charge in [-0.25, -0.2) is 4.79 Å². The third-order valence-corrected chi connectivity index (χ3v) is 4.94. The summed E-state index contributed by atoms with van der Waals surface area (Å²) in [6.45, 7) is 7.40. The standard InChI is InChI=1S/C15H28N2O2S/c1-15(2,3)19-14(18)17-8-4-5-12(6-9-17)16-13-7-10-20-11-13/h12-13,16H,4-11H2,1-3H3. The summed E-state index contributed by atoms with van der Waals surface area (Å²) in [4.78, 5) is 14.0. The first-order valence-electron chi connectivity index (χ1n) is 7.76. The minimum absolute atomic E-state index is 0.158. The lowest BCUT2D eigenvalue weighted by atomic mass is 10.1. The zero-order valence-electron chi connectivity index (χ0n) is 13.0. The highest BCUT2D eigenvalue weighted by molar-refractivity contribution is 7.99. The van der Waals surface area contributed by atoms with Gasteiger partial charge in [0.2, 0.25) is 0 Å². The summed E-state index contributed by atoms with van der Waals surface area (Å²) >= 11 is 2.04. The van der Waals surface area contributed by atoms with Crippen molar-refractivity contribution in [3.63, 3.8) is 0 Å². The van der Waals surface area contributed by atoms with E-state index in [0.29, 0.717) is 12.1 Å². The molecule has 2 atom stereocenters. The number of carbonyl (C=O) groups is 1. The van der Waals surface area contributed by atoms with E-state index in [1.807, 2.05) is 37.4 Å². The molecule has 0 saturated carbocycles. The van der Waals surface area contributed by atoms with Gasteiger partial charge in [-0.05, 0) is 52.2 Å². The molecule has 2 aliphatic rings. The summed E-state index contributed by atoms with van der Waals surface area (Å²) in [7, 11) is 0. The molecule has 20 heavy (non-hydrogen) atoms. The first-order valence-corrected chi connectivity index (χ1v) is 8.91. The molecular weight excluding hydrogens is 272 g/mol. The number of amides is 1. The van der Waals surface area contributed by atoms with Gasteiger partial charge >= 0.3 is 6.09 Å². The van der Waals surface area contributed by atoms with Crippen molar-refractivity contribution in [2.45, 2.75) is 64.1 Å². The molecule has 0 aromatic carbocycles. The molecule has 1 amide bonds. The quantitative estimate of drug-likeness (QED) is 0.851. The number of carbonyl (C=O) groups excluding carboxylic acids is 1. The highest BCUT2D eigenvalue weighted by Gasteiger charge is 2.26. The van der Waals surface area contributed by atoms with Gasteiger partial charge in [0.15, 0.2) is 0 Å². The number of nitrogens with zero attached hydrogens (tertiary/aromatic N) is 1. The molecule has 2 saturated heterocycles. The second kappa shape index (κ2) is 7.03. The Balaban J connectivity index is 1.77. The molecular formula is C15H28N2O2S. The van der Waals surface area contributed by atoms with Crippen LogP contribution in [0.15, 0.2) is 0 Å². The van der Waals surface area contributed by atoms with Crippen molar-refractivity contribution in [1.29, 1.82) is 0 Å². The Kier molecular flexibility index (Phi) is 5.61. The van der Waals surface area contributed by atoms with Crippen LogP contribution in [0.25, 0.3) is 0 Å². The third kappa shape index (κ3) is 5.17. The summed E-state index contributed by atoms with van der Waals surface area (Å²) < 4.78 is 5.46. The number of thioether (sulfide) groups is 1. The first-order chi connectivity index (χ1) is 9.44. The zero-order valence-corrected chi connectivity index (χ0v) is 13.8. The summed E-state index contributed by atoms with van der Waals surface area (Å²) in [5, 5.41) is 3.77. The van der Waals surface area contributed by atoms with Gasteiger partial charge in [0, 0.05) is 30.9 Å². The number of hydrogen-bond acceptors (Lipinski definition) is 4. The van der Waals surface area contributed by atoms with E-state index in [2.05, 4.69) is 5.32 Å². The maximum absolute atomic E-state index is 12.1. The Morgan fingerprint density at radius 1 is 1.20 bits per heavy atom. The fourth-order valence-corrected chi connectivity index (χ4v) is 3.94. The van der Waals surface area contributed by atoms with Crippen molar-refractivity contribution in [3.05, 3.63) is 0 Å². The van der Waals surface area contributed by atoms with Crippen LogP contribution in [0.4, 0.5) is 4.79 Å². The van der Waals surface area contributed by atoms with Crippen LogP contribution in [0.3, 0.4) is 0 Å².